The van der Waals surface area contributed by atoms with Crippen molar-refractivity contribution in [1.82, 2.24) is 9.80 Å². The number of carbonyl (C=O) groups is 2. The molecule has 0 atom stereocenters. The van der Waals surface area contributed by atoms with Gasteiger partial charge >= 0.3 is 0 Å². The highest BCUT2D eigenvalue weighted by Crippen LogP contribution is 2.26. The molecule has 4 aromatic carbocycles. The molecule has 7 nitrogen and oxygen atoms in total. The van der Waals surface area contributed by atoms with Crippen LogP contribution in [0.4, 0.5) is 0 Å². The molecule has 0 saturated heterocycles. The molecular formula is C40H48N2O5. The number of carbonyl (C=O) groups excluding carboxylic acids is 2. The molecule has 0 bridgehead atoms. The maximum Gasteiger partial charge on any atom is 0.176 e. The molecule has 0 aliphatic rings. The van der Waals surface area contributed by atoms with Crippen LogP contribution in [-0.2, 0) is 31.0 Å². The van der Waals surface area contributed by atoms with Crippen LogP contribution in [0.15, 0.2) is 97.1 Å². The zero-order valence-electron chi connectivity index (χ0n) is 28.5. The van der Waals surface area contributed by atoms with E-state index >= 15 is 0 Å². The highest BCUT2D eigenvalue weighted by Gasteiger charge is 2.26. The predicted molar refractivity (Wildman–Crippen MR) is 187 cm³/mol. The van der Waals surface area contributed by atoms with E-state index in [4.69, 9.17) is 4.74 Å². The number of hydrogen-bond acceptors (Lipinski definition) is 7. The molecule has 0 saturated carbocycles. The second kappa shape index (κ2) is 15.5. The summed E-state index contributed by atoms with van der Waals surface area (Å²) >= 11 is 0. The molecule has 0 amide bonds. The average Bonchev–Trinajstić information content (AvgIpc) is 3.02. The molecule has 248 valence electrons. The third-order valence-corrected chi connectivity index (χ3v) is 8.32. The van der Waals surface area contributed by atoms with E-state index in [0.717, 1.165) is 11.1 Å². The Bertz CT molecular complexity index is 1520. The smallest absolute Gasteiger partial charge is 0.176 e. The lowest BCUT2D eigenvalue weighted by atomic mass is 10.0. The van der Waals surface area contributed by atoms with Crippen LogP contribution >= 0.6 is 0 Å². The number of Topliss-reactive ketones (excluding diaryl/α,β-unsaturated/α-hetero) is 2. The van der Waals surface area contributed by atoms with Crippen LogP contribution in [0.1, 0.15) is 84.5 Å². The molecule has 0 heterocycles. The number of ketones is 2. The summed E-state index contributed by atoms with van der Waals surface area (Å²) in [7, 11) is 0. The molecule has 47 heavy (non-hydrogen) atoms. The minimum atomic E-state index is -0.237. The summed E-state index contributed by atoms with van der Waals surface area (Å²) in [5.41, 5.74) is 3.68. The summed E-state index contributed by atoms with van der Waals surface area (Å²) < 4.78 is 5.90. The van der Waals surface area contributed by atoms with Gasteiger partial charge in [-0.15, -0.1) is 0 Å². The van der Waals surface area contributed by atoms with E-state index in [0.29, 0.717) is 35.3 Å². The Labute approximate surface area is 279 Å². The Morgan fingerprint density at radius 2 is 0.936 bits per heavy atom. The predicted octanol–water partition coefficient (Wildman–Crippen LogP) is 7.78. The highest BCUT2D eigenvalue weighted by molar-refractivity contribution is 5.98. The van der Waals surface area contributed by atoms with Gasteiger partial charge in [0.1, 0.15) is 11.5 Å². The molecule has 0 fully saturated rings. The van der Waals surface area contributed by atoms with Crippen molar-refractivity contribution in [1.29, 1.82) is 0 Å². The standard InChI is InChI=1S/C40H48N2O5/c1-39(2,3)41(23-29-13-9-7-10-14-29)25-37(45)31-17-19-35(43)33(21-31)27-47-28-34-22-32(18-20-36(34)44)38(46)26-42(40(4,5)6)24-30-15-11-8-12-16-30/h7-22,43-44H,23-28H2,1-6H3. The number of ether oxygens (including phenoxy) is 1. The number of phenolic OH excluding ortho intramolecular Hbond substituents is 2. The van der Waals surface area contributed by atoms with Crippen molar-refractivity contribution >= 4 is 11.6 Å². The SMILES string of the molecule is CC(C)(C)N(CC(=O)c1ccc(O)c(COCc2cc(C(=O)CN(Cc3ccccc3)C(C)(C)C)ccc2O)c1)Cc1ccccc1. The van der Waals surface area contributed by atoms with E-state index in [1.54, 1.807) is 24.3 Å². The second-order valence-corrected chi connectivity index (χ2v) is 14.1. The van der Waals surface area contributed by atoms with Crippen molar-refractivity contribution in [3.8, 4) is 11.5 Å². The number of benzene rings is 4. The Morgan fingerprint density at radius 3 is 1.28 bits per heavy atom. The summed E-state index contributed by atoms with van der Waals surface area (Å²) in [4.78, 5) is 31.1. The van der Waals surface area contributed by atoms with Gasteiger partial charge in [0.25, 0.3) is 0 Å². The summed E-state index contributed by atoms with van der Waals surface area (Å²) in [6.07, 6.45) is 0. The van der Waals surface area contributed by atoms with Crippen molar-refractivity contribution in [2.75, 3.05) is 13.1 Å². The molecule has 7 heteroatoms. The molecule has 2 N–H and O–H groups in total. The first-order valence-electron chi connectivity index (χ1n) is 16.1. The van der Waals surface area contributed by atoms with Crippen molar-refractivity contribution < 1.29 is 24.5 Å². The van der Waals surface area contributed by atoms with Crippen LogP contribution in [0.5, 0.6) is 11.5 Å². The molecule has 0 aromatic heterocycles. The Hall–Kier alpha value is -4.30. The Kier molecular flexibility index (Phi) is 11.7. The molecule has 0 aliphatic carbocycles. The van der Waals surface area contributed by atoms with E-state index in [9.17, 15) is 19.8 Å². The van der Waals surface area contributed by atoms with Gasteiger partial charge in [0, 0.05) is 46.4 Å². The van der Waals surface area contributed by atoms with Crippen LogP contribution in [-0.4, -0.2) is 55.7 Å². The van der Waals surface area contributed by atoms with Crippen molar-refractivity contribution in [2.45, 2.75) is 78.9 Å². The minimum absolute atomic E-state index is 0.0203. The van der Waals surface area contributed by atoms with E-state index < -0.39 is 0 Å². The highest BCUT2D eigenvalue weighted by atomic mass is 16.5. The van der Waals surface area contributed by atoms with E-state index in [1.165, 1.54) is 12.1 Å². The quantitative estimate of drug-likeness (QED) is 0.137. The lowest BCUT2D eigenvalue weighted by Gasteiger charge is -2.35. The van der Waals surface area contributed by atoms with Gasteiger partial charge in [0.2, 0.25) is 0 Å². The fourth-order valence-electron chi connectivity index (χ4n) is 5.22. The van der Waals surface area contributed by atoms with E-state index in [2.05, 4.69) is 75.6 Å². The van der Waals surface area contributed by atoms with Gasteiger partial charge in [-0.1, -0.05) is 60.7 Å². The van der Waals surface area contributed by atoms with E-state index in [1.807, 2.05) is 36.4 Å². The van der Waals surface area contributed by atoms with Gasteiger partial charge in [0.05, 0.1) is 26.3 Å². The first-order chi connectivity index (χ1) is 22.2. The fourth-order valence-corrected chi connectivity index (χ4v) is 5.22. The number of nitrogens with zero attached hydrogens (tertiary/aromatic N) is 2. The normalized spacial score (nSPS) is 12.1. The third-order valence-electron chi connectivity index (χ3n) is 8.32. The number of phenols is 2. The van der Waals surface area contributed by atoms with Crippen LogP contribution < -0.4 is 0 Å². The zero-order chi connectivity index (χ0) is 34.2. The van der Waals surface area contributed by atoms with Crippen LogP contribution in [0.2, 0.25) is 0 Å². The van der Waals surface area contributed by atoms with Crippen molar-refractivity contribution in [3.05, 3.63) is 130 Å². The van der Waals surface area contributed by atoms with Crippen LogP contribution in [0.25, 0.3) is 0 Å². The van der Waals surface area contributed by atoms with Gasteiger partial charge in [-0.3, -0.25) is 19.4 Å². The monoisotopic (exact) mass is 636 g/mol. The Balaban J connectivity index is 1.40. The van der Waals surface area contributed by atoms with Gasteiger partial charge in [0.15, 0.2) is 11.6 Å². The largest absolute Gasteiger partial charge is 0.508 e. The van der Waals surface area contributed by atoms with Crippen LogP contribution in [0, 0.1) is 0 Å². The number of rotatable bonds is 14. The summed E-state index contributed by atoms with van der Waals surface area (Å²) in [5, 5.41) is 21.1. The third kappa shape index (κ3) is 10.3. The molecule has 0 aliphatic heterocycles. The molecule has 0 radical (unpaired) electrons. The second-order valence-electron chi connectivity index (χ2n) is 14.1. The topological polar surface area (TPSA) is 90.3 Å². The summed E-state index contributed by atoms with van der Waals surface area (Å²) in [5.74, 6) is -0.0743. The van der Waals surface area contributed by atoms with Crippen molar-refractivity contribution in [2.24, 2.45) is 0 Å². The lowest BCUT2D eigenvalue weighted by Crippen LogP contribution is -2.43. The molecular weight excluding hydrogens is 588 g/mol. The molecule has 4 rings (SSSR count). The first-order valence-corrected chi connectivity index (χ1v) is 16.1. The van der Waals surface area contributed by atoms with Gasteiger partial charge in [-0.25, -0.2) is 0 Å². The van der Waals surface area contributed by atoms with Crippen LogP contribution in [0.3, 0.4) is 0 Å². The zero-order valence-corrected chi connectivity index (χ0v) is 28.5. The van der Waals surface area contributed by atoms with Gasteiger partial charge in [-0.2, -0.15) is 0 Å². The summed E-state index contributed by atoms with van der Waals surface area (Å²) in [6, 6.07) is 29.7. The van der Waals surface area contributed by atoms with Gasteiger partial charge < -0.3 is 14.9 Å². The Morgan fingerprint density at radius 1 is 0.574 bits per heavy atom. The molecule has 4 aromatic rings. The maximum atomic E-state index is 13.4. The van der Waals surface area contributed by atoms with Crippen molar-refractivity contribution in [3.63, 3.8) is 0 Å². The number of hydrogen-bond donors (Lipinski definition) is 2. The summed E-state index contributed by atoms with van der Waals surface area (Å²) in [6.45, 7) is 14.3. The first kappa shape index (κ1) is 35.6. The number of aromatic hydroxyl groups is 2. The maximum absolute atomic E-state index is 13.4. The van der Waals surface area contributed by atoms with E-state index in [-0.39, 0.29) is 60.4 Å². The average molecular weight is 637 g/mol. The van der Waals surface area contributed by atoms with Gasteiger partial charge in [-0.05, 0) is 89.1 Å². The minimum Gasteiger partial charge on any atom is -0.508 e. The molecule has 0 unspecified atom stereocenters. The lowest BCUT2D eigenvalue weighted by molar-refractivity contribution is 0.0789. The molecule has 0 spiro atoms. The fraction of sp³-hybridized carbons (Fsp3) is 0.350.